The molecule has 2 rings (SSSR count). The van der Waals surface area contributed by atoms with Crippen LogP contribution in [0.5, 0.6) is 0 Å². The van der Waals surface area contributed by atoms with Gasteiger partial charge in [0.25, 0.3) is 0 Å². The van der Waals surface area contributed by atoms with E-state index in [2.05, 4.69) is 26.6 Å². The van der Waals surface area contributed by atoms with Gasteiger partial charge in [0.2, 0.25) is 15.9 Å². The first-order valence-corrected chi connectivity index (χ1v) is 8.55. The Labute approximate surface area is 131 Å². The lowest BCUT2D eigenvalue weighted by Crippen LogP contribution is -2.39. The molecule has 21 heavy (non-hydrogen) atoms. The fourth-order valence-electron chi connectivity index (χ4n) is 2.10. The number of anilines is 1. The van der Waals surface area contributed by atoms with Gasteiger partial charge in [-0.25, -0.2) is 13.6 Å². The van der Waals surface area contributed by atoms with Gasteiger partial charge in [-0.15, -0.1) is 0 Å². The Morgan fingerprint density at radius 1 is 1.43 bits per heavy atom. The smallest absolute Gasteiger partial charge is 0.238 e. The Kier molecular flexibility index (Phi) is 4.99. The molecule has 1 amide bonds. The highest BCUT2D eigenvalue weighted by Crippen LogP contribution is 2.26. The lowest BCUT2D eigenvalue weighted by Gasteiger charge is -2.17. The maximum atomic E-state index is 12.2. The maximum absolute atomic E-state index is 12.2. The number of halogens is 1. The van der Waals surface area contributed by atoms with Crippen LogP contribution >= 0.6 is 15.9 Å². The van der Waals surface area contributed by atoms with Crippen molar-refractivity contribution in [1.82, 2.24) is 5.32 Å². The number of hydrogen-bond donors (Lipinski definition) is 3. The number of carbonyl (C=O) groups excluding carboxylic acids is 1. The summed E-state index contributed by atoms with van der Waals surface area (Å²) in [4.78, 5) is 12.2. The minimum Gasteiger partial charge on any atom is -0.379 e. The summed E-state index contributed by atoms with van der Waals surface area (Å²) in [6.45, 7) is 0.838. The SMILES string of the molecule is CNC1COCC1C(=O)Nc1ccc(S(N)(=O)=O)cc1Br. The van der Waals surface area contributed by atoms with Gasteiger partial charge in [0.15, 0.2) is 0 Å². The molecule has 1 heterocycles. The Balaban J connectivity index is 2.15. The Hall–Kier alpha value is -1.00. The average molecular weight is 378 g/mol. The summed E-state index contributed by atoms with van der Waals surface area (Å²) < 4.78 is 28.2. The first-order chi connectivity index (χ1) is 9.82. The number of nitrogens with one attached hydrogen (secondary N) is 2. The molecule has 1 fully saturated rings. The summed E-state index contributed by atoms with van der Waals surface area (Å²) in [5.41, 5.74) is 0.481. The zero-order chi connectivity index (χ0) is 15.6. The molecule has 0 saturated carbocycles. The molecule has 1 aromatic rings. The van der Waals surface area contributed by atoms with Crippen LogP contribution in [-0.4, -0.2) is 40.6 Å². The third kappa shape index (κ3) is 3.80. The third-order valence-corrected chi connectivity index (χ3v) is 4.88. The highest BCUT2D eigenvalue weighted by molar-refractivity contribution is 9.10. The molecule has 2 atom stereocenters. The minimum atomic E-state index is -3.77. The number of likely N-dealkylation sites (N-methyl/N-ethyl adjacent to an activating group) is 1. The zero-order valence-electron chi connectivity index (χ0n) is 11.3. The van der Waals surface area contributed by atoms with Crippen LogP contribution in [0.1, 0.15) is 0 Å². The second-order valence-electron chi connectivity index (χ2n) is 4.72. The Bertz CT molecular complexity index is 650. The lowest BCUT2D eigenvalue weighted by molar-refractivity contribution is -0.120. The summed E-state index contributed by atoms with van der Waals surface area (Å²) in [6, 6.07) is 4.15. The number of sulfonamides is 1. The fraction of sp³-hybridized carbons (Fsp3) is 0.417. The van der Waals surface area contributed by atoms with E-state index in [0.29, 0.717) is 23.4 Å². The van der Waals surface area contributed by atoms with Crippen molar-refractivity contribution in [3.8, 4) is 0 Å². The van der Waals surface area contributed by atoms with Crippen molar-refractivity contribution in [3.63, 3.8) is 0 Å². The molecule has 0 radical (unpaired) electrons. The van der Waals surface area contributed by atoms with Crippen LogP contribution < -0.4 is 15.8 Å². The van der Waals surface area contributed by atoms with Crippen LogP contribution in [0.15, 0.2) is 27.6 Å². The van der Waals surface area contributed by atoms with Crippen molar-refractivity contribution >= 4 is 37.5 Å². The van der Waals surface area contributed by atoms with Crippen LogP contribution in [-0.2, 0) is 19.6 Å². The molecule has 0 aromatic heterocycles. The van der Waals surface area contributed by atoms with E-state index in [-0.39, 0.29) is 22.8 Å². The van der Waals surface area contributed by atoms with E-state index in [1.165, 1.54) is 18.2 Å². The van der Waals surface area contributed by atoms with Crippen LogP contribution in [0.4, 0.5) is 5.69 Å². The van der Waals surface area contributed by atoms with Crippen LogP contribution in [0.2, 0.25) is 0 Å². The molecule has 2 unspecified atom stereocenters. The topological polar surface area (TPSA) is 111 Å². The number of benzene rings is 1. The van der Waals surface area contributed by atoms with E-state index in [4.69, 9.17) is 9.88 Å². The van der Waals surface area contributed by atoms with Gasteiger partial charge in [-0.1, -0.05) is 0 Å². The lowest BCUT2D eigenvalue weighted by atomic mass is 10.0. The van der Waals surface area contributed by atoms with Gasteiger partial charge in [-0.05, 0) is 41.2 Å². The van der Waals surface area contributed by atoms with Crippen molar-refractivity contribution in [2.24, 2.45) is 11.1 Å². The summed E-state index contributed by atoms with van der Waals surface area (Å²) in [5.74, 6) is -0.476. The maximum Gasteiger partial charge on any atom is 0.238 e. The third-order valence-electron chi connectivity index (χ3n) is 3.32. The van der Waals surface area contributed by atoms with Crippen LogP contribution in [0.3, 0.4) is 0 Å². The summed E-state index contributed by atoms with van der Waals surface area (Å²) in [5, 5.41) is 10.8. The van der Waals surface area contributed by atoms with Crippen molar-refractivity contribution in [2.45, 2.75) is 10.9 Å². The van der Waals surface area contributed by atoms with Gasteiger partial charge in [0.05, 0.1) is 29.7 Å². The molecule has 0 spiro atoms. The molecule has 1 aromatic carbocycles. The first-order valence-electron chi connectivity index (χ1n) is 6.21. The van der Waals surface area contributed by atoms with E-state index < -0.39 is 10.0 Å². The van der Waals surface area contributed by atoms with Gasteiger partial charge in [-0.2, -0.15) is 0 Å². The van der Waals surface area contributed by atoms with Gasteiger partial charge >= 0.3 is 0 Å². The van der Waals surface area contributed by atoms with Gasteiger partial charge in [0.1, 0.15) is 0 Å². The predicted octanol–water partition coefficient (Wildman–Crippen LogP) is 0.269. The van der Waals surface area contributed by atoms with Gasteiger partial charge in [0, 0.05) is 10.5 Å². The number of nitrogens with two attached hydrogens (primary N) is 1. The van der Waals surface area contributed by atoms with Crippen LogP contribution in [0.25, 0.3) is 0 Å². The van der Waals surface area contributed by atoms with E-state index >= 15 is 0 Å². The number of rotatable bonds is 4. The minimum absolute atomic E-state index is 0.0234. The molecule has 0 aliphatic carbocycles. The van der Waals surface area contributed by atoms with Gasteiger partial charge < -0.3 is 15.4 Å². The van der Waals surface area contributed by atoms with Crippen molar-refractivity contribution in [2.75, 3.05) is 25.6 Å². The number of primary sulfonamides is 1. The highest BCUT2D eigenvalue weighted by Gasteiger charge is 2.33. The van der Waals surface area contributed by atoms with Crippen LogP contribution in [0, 0.1) is 5.92 Å². The number of hydrogen-bond acceptors (Lipinski definition) is 5. The normalized spacial score (nSPS) is 22.2. The number of ether oxygens (including phenoxy) is 1. The molecule has 1 aliphatic rings. The molecule has 116 valence electrons. The highest BCUT2D eigenvalue weighted by atomic mass is 79.9. The van der Waals surface area contributed by atoms with Gasteiger partial charge in [-0.3, -0.25) is 4.79 Å². The molecular weight excluding hydrogens is 362 g/mol. The van der Waals surface area contributed by atoms with Crippen molar-refractivity contribution in [1.29, 1.82) is 0 Å². The van der Waals surface area contributed by atoms with E-state index in [1.54, 1.807) is 7.05 Å². The fourth-order valence-corrected chi connectivity index (χ4v) is 3.27. The summed E-state index contributed by atoms with van der Waals surface area (Å²) in [6.07, 6.45) is 0. The standard InChI is InChI=1S/C12H16BrN3O4S/c1-15-11-6-20-5-8(11)12(17)16-10-3-2-7(4-9(10)13)21(14,18)19/h2-4,8,11,15H,5-6H2,1H3,(H,16,17)(H2,14,18,19). The quantitative estimate of drug-likeness (QED) is 0.697. The molecule has 1 aliphatic heterocycles. The second-order valence-corrected chi connectivity index (χ2v) is 7.13. The predicted molar refractivity (Wildman–Crippen MR) is 81.3 cm³/mol. The number of carbonyl (C=O) groups is 1. The number of amides is 1. The first kappa shape index (κ1) is 16.4. The average Bonchev–Trinajstić information content (AvgIpc) is 2.88. The summed E-state index contributed by atoms with van der Waals surface area (Å²) >= 11 is 3.23. The largest absolute Gasteiger partial charge is 0.379 e. The molecule has 0 bridgehead atoms. The molecular formula is C12H16BrN3O4S. The monoisotopic (exact) mass is 377 g/mol. The Morgan fingerprint density at radius 2 is 2.14 bits per heavy atom. The molecule has 9 heteroatoms. The molecule has 1 saturated heterocycles. The summed E-state index contributed by atoms with van der Waals surface area (Å²) in [7, 11) is -2.00. The van der Waals surface area contributed by atoms with Crippen molar-refractivity contribution < 1.29 is 17.9 Å². The van der Waals surface area contributed by atoms with Crippen molar-refractivity contribution in [3.05, 3.63) is 22.7 Å². The van der Waals surface area contributed by atoms with E-state index in [1.807, 2.05) is 0 Å². The van der Waals surface area contributed by atoms with E-state index in [9.17, 15) is 13.2 Å². The Morgan fingerprint density at radius 3 is 2.71 bits per heavy atom. The van der Waals surface area contributed by atoms with E-state index in [0.717, 1.165) is 0 Å². The second kappa shape index (κ2) is 6.41. The molecule has 4 N–H and O–H groups in total. The zero-order valence-corrected chi connectivity index (χ0v) is 13.7. The molecule has 7 nitrogen and oxygen atoms in total.